The Bertz CT molecular complexity index is 1060. The first-order valence-electron chi connectivity index (χ1n) is 11.1. The third-order valence-electron chi connectivity index (χ3n) is 6.68. The van der Waals surface area contributed by atoms with Crippen molar-refractivity contribution in [3.63, 3.8) is 0 Å². The van der Waals surface area contributed by atoms with Gasteiger partial charge in [-0.2, -0.15) is 0 Å². The summed E-state index contributed by atoms with van der Waals surface area (Å²) in [5.74, 6) is 1.01. The lowest BCUT2D eigenvalue weighted by Gasteiger charge is -2.19. The van der Waals surface area contributed by atoms with E-state index in [1.807, 2.05) is 42.5 Å². The lowest BCUT2D eigenvalue weighted by Crippen LogP contribution is -2.22. The molecule has 4 atom stereocenters. The first-order chi connectivity index (χ1) is 14.9. The average molecular weight is 421 g/mol. The highest BCUT2D eigenvalue weighted by molar-refractivity contribution is 5.86. The van der Waals surface area contributed by atoms with Crippen LogP contribution in [-0.2, 0) is 4.79 Å². The van der Waals surface area contributed by atoms with Gasteiger partial charge in [-0.15, -0.1) is 0 Å². The maximum absolute atomic E-state index is 14.2. The molecular formula is C27H29FO3. The van der Waals surface area contributed by atoms with E-state index in [1.165, 1.54) is 24.5 Å². The van der Waals surface area contributed by atoms with Crippen molar-refractivity contribution >= 4 is 16.7 Å². The van der Waals surface area contributed by atoms with Crippen LogP contribution in [0.1, 0.15) is 62.5 Å². The Labute approximate surface area is 182 Å². The van der Waals surface area contributed by atoms with Gasteiger partial charge < -0.3 is 9.84 Å². The number of ether oxygens (including phenoxy) is 1. The molecular weight excluding hydrogens is 391 g/mol. The van der Waals surface area contributed by atoms with E-state index >= 15 is 0 Å². The summed E-state index contributed by atoms with van der Waals surface area (Å²) in [5.41, 5.74) is 2.52. The maximum Gasteiger partial charge on any atom is 0.344 e. The first kappa shape index (κ1) is 21.4. The second-order valence-corrected chi connectivity index (χ2v) is 8.86. The van der Waals surface area contributed by atoms with Crippen LogP contribution in [0.15, 0.2) is 60.7 Å². The standard InChI is InChI=1S/C27H29FO3/c1-17(23-13-14-26(28)25-6-4-3-5-24(23)25)15-19-7-8-21(16-19)20-9-11-22(12-10-20)31-18(2)27(29)30/h3-6,9-14,17-19,21H,7-8,15-16H2,1-2H3,(H,29,30)/t17-,18?,19+,21+/m0/s1. The van der Waals surface area contributed by atoms with Gasteiger partial charge in [0.2, 0.25) is 0 Å². The fourth-order valence-corrected chi connectivity index (χ4v) is 5.01. The molecule has 0 saturated heterocycles. The Hall–Kier alpha value is -2.88. The Morgan fingerprint density at radius 2 is 1.74 bits per heavy atom. The molecule has 4 rings (SSSR count). The smallest absolute Gasteiger partial charge is 0.344 e. The molecule has 31 heavy (non-hydrogen) atoms. The van der Waals surface area contributed by atoms with Crippen LogP contribution in [0.4, 0.5) is 4.39 Å². The SMILES string of the molecule is CC(Oc1ccc([C@@H]2CC[C@H](C[C@H](C)c3ccc(F)c4ccccc34)C2)cc1)C(=O)O. The fourth-order valence-electron chi connectivity index (χ4n) is 5.01. The van der Waals surface area contributed by atoms with Crippen molar-refractivity contribution in [1.29, 1.82) is 0 Å². The Morgan fingerprint density at radius 1 is 1.03 bits per heavy atom. The molecule has 0 aliphatic heterocycles. The van der Waals surface area contributed by atoms with Gasteiger partial charge in [-0.25, -0.2) is 9.18 Å². The molecule has 0 aromatic heterocycles. The average Bonchev–Trinajstić information content (AvgIpc) is 3.23. The lowest BCUT2D eigenvalue weighted by atomic mass is 9.86. The first-order valence-corrected chi connectivity index (χ1v) is 11.1. The molecule has 3 nitrogen and oxygen atoms in total. The maximum atomic E-state index is 14.2. The van der Waals surface area contributed by atoms with Gasteiger partial charge in [0.25, 0.3) is 0 Å². The van der Waals surface area contributed by atoms with Crippen LogP contribution in [0.25, 0.3) is 10.8 Å². The van der Waals surface area contributed by atoms with E-state index in [2.05, 4.69) is 19.1 Å². The van der Waals surface area contributed by atoms with E-state index < -0.39 is 12.1 Å². The summed E-state index contributed by atoms with van der Waals surface area (Å²) in [6, 6.07) is 19.2. The third kappa shape index (κ3) is 4.73. The number of aliphatic carboxylic acids is 1. The van der Waals surface area contributed by atoms with Crippen molar-refractivity contribution in [2.45, 2.75) is 57.5 Å². The largest absolute Gasteiger partial charge is 0.479 e. The molecule has 1 aliphatic carbocycles. The van der Waals surface area contributed by atoms with Crippen LogP contribution in [0, 0.1) is 11.7 Å². The van der Waals surface area contributed by atoms with Crippen molar-refractivity contribution in [2.75, 3.05) is 0 Å². The van der Waals surface area contributed by atoms with Crippen LogP contribution in [0.5, 0.6) is 5.75 Å². The topological polar surface area (TPSA) is 46.5 Å². The number of hydrogen-bond donors (Lipinski definition) is 1. The number of halogens is 1. The predicted molar refractivity (Wildman–Crippen MR) is 121 cm³/mol. The Balaban J connectivity index is 1.39. The summed E-state index contributed by atoms with van der Waals surface area (Å²) in [6.45, 7) is 3.78. The summed E-state index contributed by atoms with van der Waals surface area (Å²) in [6.07, 6.45) is 3.75. The molecule has 3 aromatic carbocycles. The summed E-state index contributed by atoms with van der Waals surface area (Å²) in [4.78, 5) is 11.0. The van der Waals surface area contributed by atoms with Crippen LogP contribution < -0.4 is 4.74 Å². The van der Waals surface area contributed by atoms with Crippen LogP contribution in [0.3, 0.4) is 0 Å². The van der Waals surface area contributed by atoms with E-state index in [0.717, 1.165) is 24.6 Å². The summed E-state index contributed by atoms with van der Waals surface area (Å²) < 4.78 is 19.6. The third-order valence-corrected chi connectivity index (χ3v) is 6.68. The molecule has 0 heterocycles. The predicted octanol–water partition coefficient (Wildman–Crippen LogP) is 6.91. The molecule has 0 radical (unpaired) electrons. The number of fused-ring (bicyclic) bond motifs is 1. The highest BCUT2D eigenvalue weighted by atomic mass is 19.1. The minimum atomic E-state index is -0.967. The van der Waals surface area contributed by atoms with Gasteiger partial charge in [0, 0.05) is 5.39 Å². The van der Waals surface area contributed by atoms with E-state index in [9.17, 15) is 9.18 Å². The van der Waals surface area contributed by atoms with Crippen molar-refractivity contribution in [3.8, 4) is 5.75 Å². The van der Waals surface area contributed by atoms with Crippen molar-refractivity contribution in [2.24, 2.45) is 5.92 Å². The summed E-state index contributed by atoms with van der Waals surface area (Å²) >= 11 is 0. The van der Waals surface area contributed by atoms with Crippen LogP contribution in [-0.4, -0.2) is 17.2 Å². The second kappa shape index (κ2) is 9.09. The minimum Gasteiger partial charge on any atom is -0.479 e. The normalized spacial score (nSPS) is 20.5. The van der Waals surface area contributed by atoms with Gasteiger partial charge in [0.1, 0.15) is 11.6 Å². The second-order valence-electron chi connectivity index (χ2n) is 8.86. The molecule has 4 heteroatoms. The highest BCUT2D eigenvalue weighted by Crippen LogP contribution is 2.43. The lowest BCUT2D eigenvalue weighted by molar-refractivity contribution is -0.144. The fraction of sp³-hybridized carbons (Fsp3) is 0.370. The zero-order chi connectivity index (χ0) is 22.0. The molecule has 162 valence electrons. The van der Waals surface area contributed by atoms with E-state index in [0.29, 0.717) is 28.9 Å². The molecule has 1 saturated carbocycles. The van der Waals surface area contributed by atoms with Crippen molar-refractivity contribution in [3.05, 3.63) is 77.6 Å². The van der Waals surface area contributed by atoms with Gasteiger partial charge in [0.05, 0.1) is 0 Å². The molecule has 0 amide bonds. The van der Waals surface area contributed by atoms with Gasteiger partial charge in [-0.3, -0.25) is 0 Å². The molecule has 1 unspecified atom stereocenters. The number of carboxylic acid groups (broad SMARTS) is 1. The number of carbonyl (C=O) groups is 1. The number of rotatable bonds is 7. The zero-order valence-corrected chi connectivity index (χ0v) is 18.1. The van der Waals surface area contributed by atoms with Gasteiger partial charge in [-0.05, 0) is 85.1 Å². The minimum absolute atomic E-state index is 0.155. The zero-order valence-electron chi connectivity index (χ0n) is 18.1. The van der Waals surface area contributed by atoms with E-state index in [1.54, 1.807) is 6.07 Å². The number of benzene rings is 3. The summed E-state index contributed by atoms with van der Waals surface area (Å²) in [5, 5.41) is 10.7. The van der Waals surface area contributed by atoms with Gasteiger partial charge in [-0.1, -0.05) is 49.4 Å². The summed E-state index contributed by atoms with van der Waals surface area (Å²) in [7, 11) is 0. The Morgan fingerprint density at radius 3 is 2.45 bits per heavy atom. The monoisotopic (exact) mass is 420 g/mol. The molecule has 1 aliphatic rings. The van der Waals surface area contributed by atoms with E-state index in [-0.39, 0.29) is 5.82 Å². The Kier molecular flexibility index (Phi) is 6.26. The molecule has 0 spiro atoms. The quantitative estimate of drug-likeness (QED) is 0.452. The van der Waals surface area contributed by atoms with Crippen molar-refractivity contribution in [1.82, 2.24) is 0 Å². The van der Waals surface area contributed by atoms with Gasteiger partial charge >= 0.3 is 5.97 Å². The van der Waals surface area contributed by atoms with Gasteiger partial charge in [0.15, 0.2) is 6.10 Å². The highest BCUT2D eigenvalue weighted by Gasteiger charge is 2.28. The molecule has 3 aromatic rings. The molecule has 0 bridgehead atoms. The van der Waals surface area contributed by atoms with Crippen molar-refractivity contribution < 1.29 is 19.0 Å². The van der Waals surface area contributed by atoms with E-state index in [4.69, 9.17) is 9.84 Å². The molecule has 1 N–H and O–H groups in total. The van der Waals surface area contributed by atoms with Crippen LogP contribution in [0.2, 0.25) is 0 Å². The number of hydrogen-bond acceptors (Lipinski definition) is 2. The molecule has 1 fully saturated rings. The number of carboxylic acids is 1. The van der Waals surface area contributed by atoms with Crippen LogP contribution >= 0.6 is 0 Å².